The Morgan fingerprint density at radius 2 is 2.00 bits per heavy atom. The van der Waals surface area contributed by atoms with Gasteiger partial charge in [-0.3, -0.25) is 4.98 Å². The van der Waals surface area contributed by atoms with E-state index >= 15 is 0 Å². The summed E-state index contributed by atoms with van der Waals surface area (Å²) in [5.41, 5.74) is 1.44. The van der Waals surface area contributed by atoms with Crippen molar-refractivity contribution in [2.24, 2.45) is 0 Å². The number of aromatic nitrogens is 1. The average molecular weight is 355 g/mol. The standard InChI is InChI=1S/C14H15BrN2O2S/c1-11-6-7-12(15)9-14(11)20(18,19)17(2)10-13-5-3-4-8-16-13/h3-9H,10H2,1-2H3. The maximum atomic E-state index is 12.6. The lowest BCUT2D eigenvalue weighted by molar-refractivity contribution is 0.461. The first-order valence-electron chi connectivity index (χ1n) is 6.03. The van der Waals surface area contributed by atoms with Crippen molar-refractivity contribution in [3.05, 3.63) is 58.3 Å². The number of benzene rings is 1. The van der Waals surface area contributed by atoms with Crippen LogP contribution in [-0.4, -0.2) is 24.8 Å². The second kappa shape index (κ2) is 6.03. The second-order valence-corrected chi connectivity index (χ2v) is 7.42. The summed E-state index contributed by atoms with van der Waals surface area (Å²) in [6.45, 7) is 2.03. The molecular weight excluding hydrogens is 340 g/mol. The van der Waals surface area contributed by atoms with Crippen LogP contribution in [0.15, 0.2) is 52.0 Å². The van der Waals surface area contributed by atoms with Crippen molar-refractivity contribution < 1.29 is 8.42 Å². The smallest absolute Gasteiger partial charge is 0.243 e. The molecule has 0 amide bonds. The normalized spacial score (nSPS) is 11.8. The minimum atomic E-state index is -3.53. The molecule has 0 aliphatic heterocycles. The monoisotopic (exact) mass is 354 g/mol. The predicted octanol–water partition coefficient (Wildman–Crippen LogP) is 2.97. The largest absolute Gasteiger partial charge is 0.260 e. The molecule has 6 heteroatoms. The molecule has 0 radical (unpaired) electrons. The topological polar surface area (TPSA) is 50.3 Å². The van der Waals surface area contributed by atoms with Crippen molar-refractivity contribution in [1.82, 2.24) is 9.29 Å². The quantitative estimate of drug-likeness (QED) is 0.847. The summed E-state index contributed by atoms with van der Waals surface area (Å²) < 4.78 is 27.2. The number of nitrogens with zero attached hydrogens (tertiary/aromatic N) is 2. The van der Waals surface area contributed by atoms with Crippen molar-refractivity contribution in [2.75, 3.05) is 7.05 Å². The van der Waals surface area contributed by atoms with Gasteiger partial charge in [-0.15, -0.1) is 0 Å². The highest BCUT2D eigenvalue weighted by Crippen LogP contribution is 2.23. The molecule has 0 fully saturated rings. The molecular formula is C14H15BrN2O2S. The summed E-state index contributed by atoms with van der Waals surface area (Å²) in [6, 6.07) is 10.7. The Hall–Kier alpha value is -1.24. The van der Waals surface area contributed by atoms with Gasteiger partial charge in [0.25, 0.3) is 0 Å². The van der Waals surface area contributed by atoms with Crippen LogP contribution < -0.4 is 0 Å². The summed E-state index contributed by atoms with van der Waals surface area (Å²) in [5, 5.41) is 0. The Morgan fingerprint density at radius 1 is 1.25 bits per heavy atom. The molecule has 1 heterocycles. The molecule has 0 unspecified atom stereocenters. The minimum Gasteiger partial charge on any atom is -0.260 e. The summed E-state index contributed by atoms with van der Waals surface area (Å²) in [5.74, 6) is 0. The fourth-order valence-electron chi connectivity index (χ4n) is 1.82. The van der Waals surface area contributed by atoms with E-state index < -0.39 is 10.0 Å². The van der Waals surface area contributed by atoms with Gasteiger partial charge >= 0.3 is 0 Å². The van der Waals surface area contributed by atoms with Crippen LogP contribution in [0.3, 0.4) is 0 Å². The third-order valence-corrected chi connectivity index (χ3v) is 5.39. The third-order valence-electron chi connectivity index (χ3n) is 2.95. The van der Waals surface area contributed by atoms with Crippen LogP contribution in [0.2, 0.25) is 0 Å². The Balaban J connectivity index is 2.32. The number of rotatable bonds is 4. The van der Waals surface area contributed by atoms with Crippen LogP contribution in [0.5, 0.6) is 0 Å². The highest BCUT2D eigenvalue weighted by molar-refractivity contribution is 9.10. The van der Waals surface area contributed by atoms with Crippen LogP contribution in [0.1, 0.15) is 11.3 Å². The Labute approximate surface area is 127 Å². The van der Waals surface area contributed by atoms with Gasteiger partial charge in [0.15, 0.2) is 0 Å². The molecule has 0 aliphatic carbocycles. The van der Waals surface area contributed by atoms with Gasteiger partial charge in [0, 0.05) is 17.7 Å². The molecule has 0 atom stereocenters. The van der Waals surface area contributed by atoms with E-state index in [0.717, 1.165) is 10.0 Å². The van der Waals surface area contributed by atoms with E-state index in [1.165, 1.54) is 4.31 Å². The van der Waals surface area contributed by atoms with Crippen LogP contribution in [0, 0.1) is 6.92 Å². The van der Waals surface area contributed by atoms with Crippen molar-refractivity contribution in [1.29, 1.82) is 0 Å². The van der Waals surface area contributed by atoms with Crippen molar-refractivity contribution in [3.8, 4) is 0 Å². The first-order chi connectivity index (χ1) is 9.41. The molecule has 0 N–H and O–H groups in total. The van der Waals surface area contributed by atoms with E-state index in [1.807, 2.05) is 12.1 Å². The van der Waals surface area contributed by atoms with Crippen LogP contribution in [-0.2, 0) is 16.6 Å². The molecule has 106 valence electrons. The first kappa shape index (κ1) is 15.2. The van der Waals surface area contributed by atoms with Gasteiger partial charge in [-0.05, 0) is 36.8 Å². The predicted molar refractivity (Wildman–Crippen MR) is 81.8 cm³/mol. The van der Waals surface area contributed by atoms with E-state index in [1.54, 1.807) is 44.4 Å². The number of hydrogen-bond donors (Lipinski definition) is 0. The molecule has 0 spiro atoms. The zero-order chi connectivity index (χ0) is 14.8. The van der Waals surface area contributed by atoms with Crippen molar-refractivity contribution in [2.45, 2.75) is 18.4 Å². The number of pyridine rings is 1. The first-order valence-corrected chi connectivity index (χ1v) is 8.27. The Bertz CT molecular complexity index is 702. The zero-order valence-electron chi connectivity index (χ0n) is 11.2. The molecule has 1 aromatic carbocycles. The molecule has 2 rings (SSSR count). The summed E-state index contributed by atoms with van der Waals surface area (Å²) in [4.78, 5) is 4.46. The van der Waals surface area contributed by atoms with E-state index in [2.05, 4.69) is 20.9 Å². The maximum absolute atomic E-state index is 12.6. The fourth-order valence-corrected chi connectivity index (χ4v) is 3.73. The molecule has 4 nitrogen and oxygen atoms in total. The molecule has 0 aliphatic rings. The number of hydrogen-bond acceptors (Lipinski definition) is 3. The molecule has 0 saturated heterocycles. The highest BCUT2D eigenvalue weighted by Gasteiger charge is 2.23. The van der Waals surface area contributed by atoms with Gasteiger partial charge in [-0.2, -0.15) is 4.31 Å². The van der Waals surface area contributed by atoms with Crippen molar-refractivity contribution >= 4 is 26.0 Å². The van der Waals surface area contributed by atoms with E-state index in [4.69, 9.17) is 0 Å². The highest BCUT2D eigenvalue weighted by atomic mass is 79.9. The van der Waals surface area contributed by atoms with Crippen LogP contribution in [0.4, 0.5) is 0 Å². The fraction of sp³-hybridized carbons (Fsp3) is 0.214. The maximum Gasteiger partial charge on any atom is 0.243 e. The molecule has 0 bridgehead atoms. The van der Waals surface area contributed by atoms with Crippen molar-refractivity contribution in [3.63, 3.8) is 0 Å². The van der Waals surface area contributed by atoms with Gasteiger partial charge in [-0.1, -0.05) is 28.1 Å². The van der Waals surface area contributed by atoms with E-state index in [9.17, 15) is 8.42 Å². The van der Waals surface area contributed by atoms with Gasteiger partial charge in [0.05, 0.1) is 17.1 Å². The minimum absolute atomic E-state index is 0.245. The van der Waals surface area contributed by atoms with Crippen LogP contribution in [0.25, 0.3) is 0 Å². The van der Waals surface area contributed by atoms with Gasteiger partial charge < -0.3 is 0 Å². The molecule has 1 aromatic heterocycles. The van der Waals surface area contributed by atoms with Gasteiger partial charge in [0.2, 0.25) is 10.0 Å². The van der Waals surface area contributed by atoms with Gasteiger partial charge in [-0.25, -0.2) is 8.42 Å². The second-order valence-electron chi connectivity index (χ2n) is 4.49. The zero-order valence-corrected chi connectivity index (χ0v) is 13.6. The summed E-state index contributed by atoms with van der Waals surface area (Å²) in [6.07, 6.45) is 1.65. The van der Waals surface area contributed by atoms with Gasteiger partial charge in [0.1, 0.15) is 0 Å². The Morgan fingerprint density at radius 3 is 2.65 bits per heavy atom. The number of halogens is 1. The molecule has 20 heavy (non-hydrogen) atoms. The summed E-state index contributed by atoms with van der Waals surface area (Å²) >= 11 is 3.31. The SMILES string of the molecule is Cc1ccc(Br)cc1S(=O)(=O)N(C)Cc1ccccn1. The lowest BCUT2D eigenvalue weighted by Gasteiger charge is -2.18. The van der Waals surface area contributed by atoms with Crippen LogP contribution >= 0.6 is 15.9 Å². The lowest BCUT2D eigenvalue weighted by atomic mass is 10.2. The number of aryl methyl sites for hydroxylation is 1. The average Bonchev–Trinajstić information content (AvgIpc) is 2.42. The third kappa shape index (κ3) is 3.26. The summed E-state index contributed by atoms with van der Waals surface area (Å²) in [7, 11) is -1.97. The van der Waals surface area contributed by atoms with E-state index in [0.29, 0.717) is 10.6 Å². The molecule has 0 saturated carbocycles. The molecule has 2 aromatic rings. The Kier molecular flexibility index (Phi) is 4.57. The van der Waals surface area contributed by atoms with E-state index in [-0.39, 0.29) is 6.54 Å². The number of sulfonamides is 1. The lowest BCUT2D eigenvalue weighted by Crippen LogP contribution is -2.27.